The van der Waals surface area contributed by atoms with Crippen LogP contribution in [-0.2, 0) is 4.79 Å². The van der Waals surface area contributed by atoms with Crippen LogP contribution in [0.1, 0.15) is 20.3 Å². The Kier molecular flexibility index (Phi) is 4.05. The second-order valence-electron chi connectivity index (χ2n) is 2.17. The van der Waals surface area contributed by atoms with Crippen LogP contribution in [-0.4, -0.2) is 18.5 Å². The van der Waals surface area contributed by atoms with Crippen LogP contribution in [0.3, 0.4) is 0 Å². The van der Waals surface area contributed by atoms with E-state index in [4.69, 9.17) is 5.73 Å². The maximum atomic E-state index is 10.3. The second kappa shape index (κ2) is 4.32. The quantitative estimate of drug-likeness (QED) is 0.580. The van der Waals surface area contributed by atoms with Crippen molar-refractivity contribution in [2.75, 3.05) is 6.54 Å². The summed E-state index contributed by atoms with van der Waals surface area (Å²) < 4.78 is 0. The van der Waals surface area contributed by atoms with Gasteiger partial charge in [0.2, 0.25) is 5.91 Å². The fraction of sp³-hybridized carbons (Fsp3) is 0.833. The van der Waals surface area contributed by atoms with Crippen molar-refractivity contribution < 1.29 is 4.79 Å². The predicted octanol–water partition coefficient (Wildman–Crippen LogP) is 0.184. The highest BCUT2D eigenvalue weighted by Gasteiger charge is 1.94. The zero-order valence-electron chi connectivity index (χ0n) is 5.90. The van der Waals surface area contributed by atoms with Gasteiger partial charge in [-0.3, -0.25) is 10.5 Å². The van der Waals surface area contributed by atoms with E-state index in [1.807, 2.05) is 6.92 Å². The van der Waals surface area contributed by atoms with Gasteiger partial charge in [-0.15, -0.1) is 0 Å². The molecule has 1 radical (unpaired) electrons. The molecule has 2 N–H and O–H groups in total. The summed E-state index contributed by atoms with van der Waals surface area (Å²) in [5, 5.41) is 2.62. The van der Waals surface area contributed by atoms with Gasteiger partial charge in [-0.05, 0) is 13.3 Å². The molecule has 9 heavy (non-hydrogen) atoms. The van der Waals surface area contributed by atoms with Gasteiger partial charge in [0.15, 0.2) is 0 Å². The summed E-state index contributed by atoms with van der Waals surface area (Å²) in [5.41, 5.74) is 7.07. The number of amides is 1. The van der Waals surface area contributed by atoms with Gasteiger partial charge in [0.1, 0.15) is 0 Å². The Morgan fingerprint density at radius 1 is 1.78 bits per heavy atom. The minimum Gasteiger partial charge on any atom is -0.356 e. The zero-order valence-corrected chi connectivity index (χ0v) is 5.90. The molecule has 0 spiro atoms. The van der Waals surface area contributed by atoms with Crippen LogP contribution in [0.4, 0.5) is 0 Å². The van der Waals surface area contributed by atoms with E-state index in [0.717, 1.165) is 6.42 Å². The summed E-state index contributed by atoms with van der Waals surface area (Å²) in [6, 6.07) is -0.0724. The van der Waals surface area contributed by atoms with E-state index < -0.39 is 0 Å². The van der Waals surface area contributed by atoms with Gasteiger partial charge in [0.05, 0.1) is 0 Å². The first kappa shape index (κ1) is 8.43. The Balaban J connectivity index is 3.01. The molecule has 0 bridgehead atoms. The van der Waals surface area contributed by atoms with Crippen LogP contribution in [0.15, 0.2) is 0 Å². The lowest BCUT2D eigenvalue weighted by atomic mass is 10.2. The number of carbonyl (C=O) groups excluding carboxylic acids is 1. The first-order valence-electron chi connectivity index (χ1n) is 3.08. The van der Waals surface area contributed by atoms with Crippen molar-refractivity contribution in [2.24, 2.45) is 0 Å². The van der Waals surface area contributed by atoms with Crippen LogP contribution in [0.5, 0.6) is 0 Å². The van der Waals surface area contributed by atoms with E-state index >= 15 is 0 Å². The van der Waals surface area contributed by atoms with Crippen molar-refractivity contribution in [3.05, 3.63) is 0 Å². The molecule has 1 unspecified atom stereocenters. The first-order valence-corrected chi connectivity index (χ1v) is 3.08. The van der Waals surface area contributed by atoms with E-state index in [2.05, 4.69) is 5.32 Å². The maximum absolute atomic E-state index is 10.3. The van der Waals surface area contributed by atoms with Gasteiger partial charge in [0.25, 0.3) is 0 Å². The molecular weight excluding hydrogens is 116 g/mol. The van der Waals surface area contributed by atoms with Crippen molar-refractivity contribution in [1.29, 1.82) is 0 Å². The average molecular weight is 129 g/mol. The summed E-state index contributed by atoms with van der Waals surface area (Å²) in [5.74, 6) is -0.0179. The van der Waals surface area contributed by atoms with Crippen molar-refractivity contribution in [3.63, 3.8) is 0 Å². The normalized spacial score (nSPS) is 12.8. The minimum atomic E-state index is -0.0724. The Hall–Kier alpha value is -0.570. The molecule has 0 saturated carbocycles. The monoisotopic (exact) mass is 129 g/mol. The fourth-order valence-electron chi connectivity index (χ4n) is 0.465. The third-order valence-electron chi connectivity index (χ3n) is 0.951. The summed E-state index contributed by atoms with van der Waals surface area (Å²) in [6.45, 7) is 3.91. The van der Waals surface area contributed by atoms with E-state index in [1.165, 1.54) is 6.92 Å². The highest BCUT2D eigenvalue weighted by molar-refractivity contribution is 5.72. The smallest absolute Gasteiger partial charge is 0.216 e. The molecule has 0 aliphatic heterocycles. The molecule has 0 rings (SSSR count). The van der Waals surface area contributed by atoms with Gasteiger partial charge in [-0.25, -0.2) is 0 Å². The van der Waals surface area contributed by atoms with Crippen molar-refractivity contribution in [3.8, 4) is 0 Å². The molecule has 53 valence electrons. The van der Waals surface area contributed by atoms with Crippen LogP contribution < -0.4 is 11.1 Å². The highest BCUT2D eigenvalue weighted by atomic mass is 16.1. The van der Waals surface area contributed by atoms with Gasteiger partial charge >= 0.3 is 0 Å². The molecule has 3 nitrogen and oxygen atoms in total. The van der Waals surface area contributed by atoms with Crippen LogP contribution in [0.2, 0.25) is 0 Å². The van der Waals surface area contributed by atoms with E-state index in [0.29, 0.717) is 6.54 Å². The number of rotatable bonds is 3. The third-order valence-corrected chi connectivity index (χ3v) is 0.951. The lowest BCUT2D eigenvalue weighted by molar-refractivity contribution is -0.118. The molecule has 0 aromatic carbocycles. The van der Waals surface area contributed by atoms with E-state index in [-0.39, 0.29) is 11.9 Å². The van der Waals surface area contributed by atoms with Gasteiger partial charge in [-0.2, -0.15) is 0 Å². The molecule has 1 atom stereocenters. The zero-order chi connectivity index (χ0) is 7.28. The largest absolute Gasteiger partial charge is 0.356 e. The Bertz CT molecular complexity index is 91.1. The third kappa shape index (κ3) is 7.43. The van der Waals surface area contributed by atoms with Crippen molar-refractivity contribution >= 4 is 5.91 Å². The second-order valence-corrected chi connectivity index (χ2v) is 2.17. The molecular formula is C6H13N2O. The number of nitrogens with one attached hydrogen (secondary N) is 2. The summed E-state index contributed by atoms with van der Waals surface area (Å²) in [6.07, 6.45) is 0.736. The summed E-state index contributed by atoms with van der Waals surface area (Å²) >= 11 is 0. The number of hydrogen-bond acceptors (Lipinski definition) is 1. The van der Waals surface area contributed by atoms with Crippen LogP contribution in [0.25, 0.3) is 0 Å². The standard InChI is InChI=1S/C6H13N2O/c1-5(7)3-4-8-6(2)9/h5,7H,3-4H2,1-2H3,(H,8,9). The molecule has 3 heteroatoms. The van der Waals surface area contributed by atoms with Crippen LogP contribution in [0, 0.1) is 0 Å². The number of hydrogen-bond donors (Lipinski definition) is 1. The van der Waals surface area contributed by atoms with Crippen LogP contribution >= 0.6 is 0 Å². The molecule has 0 aromatic rings. The van der Waals surface area contributed by atoms with Gasteiger partial charge in [0, 0.05) is 19.5 Å². The first-order chi connectivity index (χ1) is 4.13. The Morgan fingerprint density at radius 3 is 2.67 bits per heavy atom. The Morgan fingerprint density at radius 2 is 2.33 bits per heavy atom. The van der Waals surface area contributed by atoms with Crippen molar-refractivity contribution in [1.82, 2.24) is 11.1 Å². The summed E-state index contributed by atoms with van der Waals surface area (Å²) in [7, 11) is 0. The molecule has 0 fully saturated rings. The molecule has 0 aliphatic carbocycles. The van der Waals surface area contributed by atoms with E-state index in [1.54, 1.807) is 0 Å². The highest BCUT2D eigenvalue weighted by Crippen LogP contribution is 1.83. The minimum absolute atomic E-state index is 0.0179. The Labute approximate surface area is 55.6 Å². The molecule has 0 saturated heterocycles. The lowest BCUT2D eigenvalue weighted by Crippen LogP contribution is -2.23. The van der Waals surface area contributed by atoms with Crippen molar-refractivity contribution in [2.45, 2.75) is 26.3 Å². The lowest BCUT2D eigenvalue weighted by Gasteiger charge is -2.02. The molecule has 0 aliphatic rings. The molecule has 0 aromatic heterocycles. The predicted molar refractivity (Wildman–Crippen MR) is 35.9 cm³/mol. The summed E-state index contributed by atoms with van der Waals surface area (Å²) in [4.78, 5) is 10.3. The van der Waals surface area contributed by atoms with Gasteiger partial charge < -0.3 is 5.32 Å². The topological polar surface area (TPSA) is 52.9 Å². The fourth-order valence-corrected chi connectivity index (χ4v) is 0.465. The van der Waals surface area contributed by atoms with E-state index in [9.17, 15) is 4.79 Å². The average Bonchev–Trinajstić information content (AvgIpc) is 1.63. The molecule has 0 heterocycles. The maximum Gasteiger partial charge on any atom is 0.216 e. The van der Waals surface area contributed by atoms with Gasteiger partial charge in [-0.1, -0.05) is 0 Å². The molecule has 1 amide bonds. The number of carbonyl (C=O) groups is 1. The SMILES string of the molecule is CC(=O)NCCC(C)[NH].